The number of thiazole rings is 1. The summed E-state index contributed by atoms with van der Waals surface area (Å²) in [5.41, 5.74) is 6.25. The highest BCUT2D eigenvalue weighted by atomic mass is 32.1. The largest absolute Gasteiger partial charge is 0.494 e. The average molecular weight is 641 g/mol. The summed E-state index contributed by atoms with van der Waals surface area (Å²) >= 11 is 3.02. The van der Waals surface area contributed by atoms with Crippen LogP contribution in [0.5, 0.6) is 5.75 Å². The van der Waals surface area contributed by atoms with Crippen molar-refractivity contribution in [2.75, 3.05) is 6.61 Å². The van der Waals surface area contributed by atoms with Crippen molar-refractivity contribution in [3.8, 4) is 16.8 Å². The van der Waals surface area contributed by atoms with Gasteiger partial charge in [0.05, 0.1) is 40.1 Å². The normalized spacial score (nSPS) is 16.3. The Hall–Kier alpha value is -4.20. The maximum atomic E-state index is 14.2. The molecule has 3 aromatic heterocycles. The van der Waals surface area contributed by atoms with Crippen molar-refractivity contribution in [3.63, 3.8) is 0 Å². The zero-order valence-corrected chi connectivity index (χ0v) is 28.0. The number of benzene rings is 1. The van der Waals surface area contributed by atoms with Crippen LogP contribution in [0.2, 0.25) is 0 Å². The molecule has 1 atom stereocenters. The lowest BCUT2D eigenvalue weighted by Gasteiger charge is -2.25. The van der Waals surface area contributed by atoms with E-state index >= 15 is 0 Å². The molecule has 232 valence electrons. The van der Waals surface area contributed by atoms with Crippen LogP contribution < -0.4 is 19.6 Å². The lowest BCUT2D eigenvalue weighted by Crippen LogP contribution is -2.40. The van der Waals surface area contributed by atoms with Crippen LogP contribution in [0.15, 0.2) is 51.4 Å². The van der Waals surface area contributed by atoms with E-state index in [-0.39, 0.29) is 11.7 Å². The average Bonchev–Trinajstić information content (AvgIpc) is 3.61. The van der Waals surface area contributed by atoms with E-state index in [1.54, 1.807) is 36.7 Å². The fourth-order valence-corrected chi connectivity index (χ4v) is 8.79. The number of hydrogen-bond acceptors (Lipinski definition) is 8. The van der Waals surface area contributed by atoms with Crippen molar-refractivity contribution >= 4 is 34.7 Å². The standard InChI is InChI=1S/C35H36N4O4S2/c1-7-42-25-14-12-23(13-15-25)31-30(34(41)43-19(2)3)21(5)37-35-39(31)32(40)29(45-35)17-24-16-20(4)38(22(24)6)33-27(18-36)26-10-8-9-11-28(26)44-33/h12-17,19,31H,7-11H2,1-6H3/b29-17+/t31-/m0/s1. The molecule has 4 heterocycles. The zero-order valence-electron chi connectivity index (χ0n) is 26.4. The third-order valence-corrected chi connectivity index (χ3v) is 10.6. The molecule has 6 rings (SSSR count). The fraction of sp³-hybridized carbons (Fsp3) is 0.371. The first-order valence-corrected chi connectivity index (χ1v) is 17.0. The van der Waals surface area contributed by atoms with Crippen molar-refractivity contribution in [1.29, 1.82) is 5.26 Å². The van der Waals surface area contributed by atoms with Gasteiger partial charge in [0.1, 0.15) is 16.8 Å². The molecule has 45 heavy (non-hydrogen) atoms. The van der Waals surface area contributed by atoms with E-state index in [4.69, 9.17) is 14.5 Å². The Bertz CT molecular complexity index is 2070. The summed E-state index contributed by atoms with van der Waals surface area (Å²) < 4.78 is 15.5. The number of allylic oxidation sites excluding steroid dienone is 1. The van der Waals surface area contributed by atoms with Gasteiger partial charge in [0.25, 0.3) is 5.56 Å². The SMILES string of the molecule is CCOc1ccc([C@H]2C(C(=O)OC(C)C)=C(C)N=c3s/c(=C/c4cc(C)n(-c5sc6c(c5C#N)CCCC6)c4C)c(=O)n32)cc1. The minimum atomic E-state index is -0.701. The molecule has 0 unspecified atom stereocenters. The van der Waals surface area contributed by atoms with E-state index in [0.717, 1.165) is 58.8 Å². The Kier molecular flexibility index (Phi) is 8.42. The first-order chi connectivity index (χ1) is 21.6. The van der Waals surface area contributed by atoms with E-state index in [1.807, 2.05) is 51.1 Å². The minimum absolute atomic E-state index is 0.228. The summed E-state index contributed by atoms with van der Waals surface area (Å²) in [5.74, 6) is 0.220. The number of nitrogens with zero attached hydrogens (tertiary/aromatic N) is 4. The van der Waals surface area contributed by atoms with Crippen LogP contribution >= 0.6 is 22.7 Å². The zero-order chi connectivity index (χ0) is 32.0. The van der Waals surface area contributed by atoms with Crippen molar-refractivity contribution in [2.45, 2.75) is 79.4 Å². The summed E-state index contributed by atoms with van der Waals surface area (Å²) in [7, 11) is 0. The molecule has 0 bridgehead atoms. The molecular formula is C35H36N4O4S2. The van der Waals surface area contributed by atoms with E-state index in [9.17, 15) is 14.9 Å². The minimum Gasteiger partial charge on any atom is -0.494 e. The number of fused-ring (bicyclic) bond motifs is 2. The molecule has 4 aromatic rings. The van der Waals surface area contributed by atoms with Crippen molar-refractivity contribution < 1.29 is 14.3 Å². The number of hydrogen-bond donors (Lipinski definition) is 0. The van der Waals surface area contributed by atoms with Gasteiger partial charge >= 0.3 is 5.97 Å². The molecule has 0 amide bonds. The highest BCUT2D eigenvalue weighted by Gasteiger charge is 2.34. The molecule has 0 spiro atoms. The van der Waals surface area contributed by atoms with Crippen LogP contribution in [0.1, 0.15) is 85.1 Å². The van der Waals surface area contributed by atoms with Gasteiger partial charge < -0.3 is 14.0 Å². The highest BCUT2D eigenvalue weighted by Crippen LogP contribution is 2.38. The number of carbonyl (C=O) groups excluding carboxylic acids is 1. The lowest BCUT2D eigenvalue weighted by molar-refractivity contribution is -0.143. The summed E-state index contributed by atoms with van der Waals surface area (Å²) in [5, 5.41) is 11.1. The fourth-order valence-electron chi connectivity index (χ4n) is 6.30. The van der Waals surface area contributed by atoms with Gasteiger partial charge in [-0.1, -0.05) is 23.5 Å². The monoisotopic (exact) mass is 640 g/mol. The highest BCUT2D eigenvalue weighted by molar-refractivity contribution is 7.15. The Balaban J connectivity index is 1.49. The molecule has 2 aliphatic rings. The van der Waals surface area contributed by atoms with E-state index < -0.39 is 12.0 Å². The quantitative estimate of drug-likeness (QED) is 0.238. The van der Waals surface area contributed by atoms with Crippen LogP contribution in [0, 0.1) is 25.2 Å². The number of nitriles is 1. The second-order valence-electron chi connectivity index (χ2n) is 11.7. The Morgan fingerprint density at radius 1 is 1.16 bits per heavy atom. The summed E-state index contributed by atoms with van der Waals surface area (Å²) in [4.78, 5) is 34.2. The van der Waals surface area contributed by atoms with Gasteiger partial charge in [-0.15, -0.1) is 11.3 Å². The summed E-state index contributed by atoms with van der Waals surface area (Å²) in [6.07, 6.45) is 5.81. The number of carbonyl (C=O) groups is 1. The molecule has 8 nitrogen and oxygen atoms in total. The summed E-state index contributed by atoms with van der Waals surface area (Å²) in [6.45, 7) is 11.9. The molecule has 1 aromatic carbocycles. The van der Waals surface area contributed by atoms with Crippen LogP contribution in [-0.4, -0.2) is 27.8 Å². The lowest BCUT2D eigenvalue weighted by atomic mass is 9.96. The molecule has 1 aliphatic carbocycles. The number of ether oxygens (including phenoxy) is 2. The van der Waals surface area contributed by atoms with Gasteiger partial charge in [0, 0.05) is 16.3 Å². The predicted octanol–water partition coefficient (Wildman–Crippen LogP) is 5.81. The molecule has 0 fully saturated rings. The molecule has 1 aliphatic heterocycles. The Morgan fingerprint density at radius 2 is 1.89 bits per heavy atom. The smallest absolute Gasteiger partial charge is 0.338 e. The molecular weight excluding hydrogens is 605 g/mol. The first kappa shape index (κ1) is 30.8. The van der Waals surface area contributed by atoms with Crippen LogP contribution in [-0.2, 0) is 22.4 Å². The van der Waals surface area contributed by atoms with E-state index in [1.165, 1.54) is 21.8 Å². The molecule has 0 N–H and O–H groups in total. The third kappa shape index (κ3) is 5.49. The molecule has 0 saturated heterocycles. The number of thiophene rings is 1. The van der Waals surface area contributed by atoms with E-state index in [2.05, 4.69) is 16.7 Å². The third-order valence-electron chi connectivity index (χ3n) is 8.32. The van der Waals surface area contributed by atoms with Crippen molar-refractivity contribution in [3.05, 3.63) is 99.8 Å². The van der Waals surface area contributed by atoms with Crippen LogP contribution in [0.25, 0.3) is 11.1 Å². The maximum Gasteiger partial charge on any atom is 0.338 e. The van der Waals surface area contributed by atoms with Gasteiger partial charge in [0.15, 0.2) is 4.80 Å². The number of esters is 1. The Labute approximate surface area is 270 Å². The number of rotatable bonds is 7. The number of aromatic nitrogens is 2. The maximum absolute atomic E-state index is 14.2. The molecule has 10 heteroatoms. The van der Waals surface area contributed by atoms with Crippen molar-refractivity contribution in [1.82, 2.24) is 9.13 Å². The number of aryl methyl sites for hydroxylation is 2. The van der Waals surface area contributed by atoms with Gasteiger partial charge in [0.2, 0.25) is 0 Å². The predicted molar refractivity (Wildman–Crippen MR) is 177 cm³/mol. The van der Waals surface area contributed by atoms with E-state index in [0.29, 0.717) is 33.0 Å². The summed E-state index contributed by atoms with van der Waals surface area (Å²) in [6, 6.07) is 11.3. The van der Waals surface area contributed by atoms with Gasteiger partial charge in [-0.3, -0.25) is 9.36 Å². The first-order valence-electron chi connectivity index (χ1n) is 15.3. The van der Waals surface area contributed by atoms with Gasteiger partial charge in [-0.2, -0.15) is 5.26 Å². The molecule has 0 saturated carbocycles. The van der Waals surface area contributed by atoms with Crippen LogP contribution in [0.4, 0.5) is 0 Å². The second kappa shape index (κ2) is 12.3. The van der Waals surface area contributed by atoms with Crippen LogP contribution in [0.3, 0.4) is 0 Å². The van der Waals surface area contributed by atoms with Gasteiger partial charge in [-0.25, -0.2) is 9.79 Å². The van der Waals surface area contributed by atoms with Gasteiger partial charge in [-0.05, 0) is 108 Å². The molecule has 0 radical (unpaired) electrons. The second-order valence-corrected chi connectivity index (χ2v) is 13.8. The van der Waals surface area contributed by atoms with Crippen molar-refractivity contribution in [2.24, 2.45) is 4.99 Å². The Morgan fingerprint density at radius 3 is 2.58 bits per heavy atom. The topological polar surface area (TPSA) is 98.6 Å².